The van der Waals surface area contributed by atoms with Gasteiger partial charge in [0.25, 0.3) is 0 Å². The van der Waals surface area contributed by atoms with Crippen molar-refractivity contribution in [3.63, 3.8) is 0 Å². The zero-order valence-electron chi connectivity index (χ0n) is 7.97. The summed E-state index contributed by atoms with van der Waals surface area (Å²) in [6, 6.07) is 0.859. The summed E-state index contributed by atoms with van der Waals surface area (Å²) < 4.78 is 0. The van der Waals surface area contributed by atoms with Crippen LogP contribution in [0.4, 0.5) is 0 Å². The molecular formula is C10H20N2. The third kappa shape index (κ3) is 1.80. The average Bonchev–Trinajstić information content (AvgIpc) is 2.33. The largest absolute Gasteiger partial charge is 0.316 e. The van der Waals surface area contributed by atoms with Gasteiger partial charge in [0.05, 0.1) is 0 Å². The maximum absolute atomic E-state index is 3.65. The fourth-order valence-corrected chi connectivity index (χ4v) is 2.07. The van der Waals surface area contributed by atoms with E-state index in [1.807, 2.05) is 0 Å². The lowest BCUT2D eigenvalue weighted by atomic mass is 9.91. The Bertz CT molecular complexity index is 143. The zero-order chi connectivity index (χ0) is 8.39. The van der Waals surface area contributed by atoms with Crippen LogP contribution in [0.5, 0.6) is 0 Å². The molecule has 2 nitrogen and oxygen atoms in total. The van der Waals surface area contributed by atoms with E-state index >= 15 is 0 Å². The van der Waals surface area contributed by atoms with Crippen molar-refractivity contribution in [3.05, 3.63) is 0 Å². The predicted octanol–water partition coefficient (Wildman–Crippen LogP) is 0.984. The standard InChI is InChI=1S/C10H20N2/c1-8-5-11-6-9(8)7-12-10-3-2-4-10/h8-12H,2-7H2,1H3. The van der Waals surface area contributed by atoms with Crippen LogP contribution < -0.4 is 10.6 Å². The topological polar surface area (TPSA) is 24.1 Å². The van der Waals surface area contributed by atoms with Crippen LogP contribution in [-0.2, 0) is 0 Å². The lowest BCUT2D eigenvalue weighted by molar-refractivity contribution is 0.304. The van der Waals surface area contributed by atoms with Crippen LogP contribution in [0, 0.1) is 11.8 Å². The Morgan fingerprint density at radius 2 is 2.17 bits per heavy atom. The fraction of sp³-hybridized carbons (Fsp3) is 1.00. The molecule has 0 bridgehead atoms. The summed E-state index contributed by atoms with van der Waals surface area (Å²) in [7, 11) is 0. The maximum atomic E-state index is 3.65. The first-order valence-corrected chi connectivity index (χ1v) is 5.30. The first-order valence-electron chi connectivity index (χ1n) is 5.30. The molecule has 2 aliphatic rings. The van der Waals surface area contributed by atoms with Crippen LogP contribution in [0.1, 0.15) is 26.2 Å². The maximum Gasteiger partial charge on any atom is 0.00672 e. The quantitative estimate of drug-likeness (QED) is 0.656. The summed E-state index contributed by atoms with van der Waals surface area (Å²) >= 11 is 0. The number of hydrogen-bond donors (Lipinski definition) is 2. The molecular weight excluding hydrogens is 148 g/mol. The minimum Gasteiger partial charge on any atom is -0.316 e. The summed E-state index contributed by atoms with van der Waals surface area (Å²) in [6.45, 7) is 6.03. The van der Waals surface area contributed by atoms with Crippen molar-refractivity contribution in [1.82, 2.24) is 10.6 Å². The Labute approximate surface area is 75.1 Å². The van der Waals surface area contributed by atoms with Gasteiger partial charge in [0, 0.05) is 6.04 Å². The highest BCUT2D eigenvalue weighted by Crippen LogP contribution is 2.20. The second-order valence-corrected chi connectivity index (χ2v) is 4.43. The molecule has 70 valence electrons. The van der Waals surface area contributed by atoms with E-state index in [4.69, 9.17) is 0 Å². The highest BCUT2D eigenvalue weighted by molar-refractivity contribution is 4.83. The smallest absolute Gasteiger partial charge is 0.00672 e. The molecule has 1 saturated heterocycles. The number of hydrogen-bond acceptors (Lipinski definition) is 2. The van der Waals surface area contributed by atoms with E-state index in [9.17, 15) is 0 Å². The predicted molar refractivity (Wildman–Crippen MR) is 51.2 cm³/mol. The van der Waals surface area contributed by atoms with E-state index in [0.29, 0.717) is 0 Å². The van der Waals surface area contributed by atoms with Gasteiger partial charge in [-0.25, -0.2) is 0 Å². The molecule has 2 heteroatoms. The molecule has 0 radical (unpaired) electrons. The van der Waals surface area contributed by atoms with Gasteiger partial charge in [-0.1, -0.05) is 13.3 Å². The van der Waals surface area contributed by atoms with Crippen molar-refractivity contribution >= 4 is 0 Å². The molecule has 2 unspecified atom stereocenters. The van der Waals surface area contributed by atoms with Crippen LogP contribution in [0.15, 0.2) is 0 Å². The zero-order valence-corrected chi connectivity index (χ0v) is 7.97. The minimum atomic E-state index is 0.859. The summed E-state index contributed by atoms with van der Waals surface area (Å²) in [5.41, 5.74) is 0. The average molecular weight is 168 g/mol. The van der Waals surface area contributed by atoms with Gasteiger partial charge in [-0.2, -0.15) is 0 Å². The SMILES string of the molecule is CC1CNCC1CNC1CCC1. The Kier molecular flexibility index (Phi) is 2.66. The second-order valence-electron chi connectivity index (χ2n) is 4.43. The molecule has 0 aromatic rings. The molecule has 12 heavy (non-hydrogen) atoms. The van der Waals surface area contributed by atoms with Gasteiger partial charge < -0.3 is 10.6 Å². The van der Waals surface area contributed by atoms with Crippen LogP contribution in [0.25, 0.3) is 0 Å². The van der Waals surface area contributed by atoms with E-state index in [-0.39, 0.29) is 0 Å². The van der Waals surface area contributed by atoms with Gasteiger partial charge >= 0.3 is 0 Å². The molecule has 2 rings (SSSR count). The van der Waals surface area contributed by atoms with Gasteiger partial charge in [-0.05, 0) is 44.3 Å². The molecule has 0 aromatic heterocycles. The van der Waals surface area contributed by atoms with Crippen LogP contribution in [-0.4, -0.2) is 25.7 Å². The lowest BCUT2D eigenvalue weighted by Gasteiger charge is -2.28. The highest BCUT2D eigenvalue weighted by Gasteiger charge is 2.24. The van der Waals surface area contributed by atoms with Gasteiger partial charge in [-0.3, -0.25) is 0 Å². The molecule has 1 aliphatic heterocycles. The van der Waals surface area contributed by atoms with Crippen molar-refractivity contribution in [2.45, 2.75) is 32.2 Å². The van der Waals surface area contributed by atoms with E-state index in [0.717, 1.165) is 17.9 Å². The van der Waals surface area contributed by atoms with Crippen LogP contribution >= 0.6 is 0 Å². The van der Waals surface area contributed by atoms with Crippen molar-refractivity contribution < 1.29 is 0 Å². The van der Waals surface area contributed by atoms with E-state index in [1.54, 1.807) is 0 Å². The van der Waals surface area contributed by atoms with Crippen molar-refractivity contribution in [2.75, 3.05) is 19.6 Å². The summed E-state index contributed by atoms with van der Waals surface area (Å²) in [4.78, 5) is 0. The Balaban J connectivity index is 1.64. The monoisotopic (exact) mass is 168 g/mol. The van der Waals surface area contributed by atoms with Gasteiger partial charge in [-0.15, -0.1) is 0 Å². The van der Waals surface area contributed by atoms with E-state index in [2.05, 4.69) is 17.6 Å². The van der Waals surface area contributed by atoms with Gasteiger partial charge in [0.2, 0.25) is 0 Å². The first kappa shape index (κ1) is 8.52. The Hall–Kier alpha value is -0.0800. The van der Waals surface area contributed by atoms with Gasteiger partial charge in [0.1, 0.15) is 0 Å². The fourth-order valence-electron chi connectivity index (χ4n) is 2.07. The second kappa shape index (κ2) is 3.75. The molecule has 2 atom stereocenters. The van der Waals surface area contributed by atoms with Crippen molar-refractivity contribution in [2.24, 2.45) is 11.8 Å². The number of rotatable bonds is 3. The molecule has 0 spiro atoms. The Morgan fingerprint density at radius 1 is 1.33 bits per heavy atom. The third-order valence-electron chi connectivity index (χ3n) is 3.45. The molecule has 2 fully saturated rings. The van der Waals surface area contributed by atoms with E-state index < -0.39 is 0 Å². The first-order chi connectivity index (χ1) is 5.86. The minimum absolute atomic E-state index is 0.859. The Morgan fingerprint density at radius 3 is 2.67 bits per heavy atom. The highest BCUT2D eigenvalue weighted by atomic mass is 15.0. The molecule has 1 aliphatic carbocycles. The summed E-state index contributed by atoms with van der Waals surface area (Å²) in [6.07, 6.45) is 4.26. The molecule has 1 saturated carbocycles. The lowest BCUT2D eigenvalue weighted by Crippen LogP contribution is -2.39. The normalized spacial score (nSPS) is 36.8. The molecule has 2 N–H and O–H groups in total. The van der Waals surface area contributed by atoms with Crippen molar-refractivity contribution in [3.8, 4) is 0 Å². The summed E-state index contributed by atoms with van der Waals surface area (Å²) in [5.74, 6) is 1.75. The van der Waals surface area contributed by atoms with Crippen LogP contribution in [0.2, 0.25) is 0 Å². The summed E-state index contributed by atoms with van der Waals surface area (Å²) in [5, 5.41) is 7.09. The van der Waals surface area contributed by atoms with E-state index in [1.165, 1.54) is 38.9 Å². The van der Waals surface area contributed by atoms with Gasteiger partial charge in [0.15, 0.2) is 0 Å². The third-order valence-corrected chi connectivity index (χ3v) is 3.45. The van der Waals surface area contributed by atoms with Crippen LogP contribution in [0.3, 0.4) is 0 Å². The molecule has 0 aromatic carbocycles. The molecule has 1 heterocycles. The van der Waals surface area contributed by atoms with Crippen molar-refractivity contribution in [1.29, 1.82) is 0 Å². The number of nitrogens with one attached hydrogen (secondary N) is 2. The molecule has 0 amide bonds.